The van der Waals surface area contributed by atoms with Crippen LogP contribution < -0.4 is 0 Å². The molecule has 8 heteroatoms. The zero-order valence-corrected chi connectivity index (χ0v) is 6.91. The summed E-state index contributed by atoms with van der Waals surface area (Å²) in [6.45, 7) is 0. The monoisotopic (exact) mass is 208 g/mol. The predicted octanol–water partition coefficient (Wildman–Crippen LogP) is 1.44. The number of alkyl halides is 3. The van der Waals surface area contributed by atoms with Crippen molar-refractivity contribution in [2.45, 2.75) is 11.3 Å². The second-order valence-corrected chi connectivity index (χ2v) is 2.85. The Labute approximate surface area is 75.2 Å². The van der Waals surface area contributed by atoms with E-state index in [4.69, 9.17) is 5.26 Å². The highest BCUT2D eigenvalue weighted by Crippen LogP contribution is 2.26. The summed E-state index contributed by atoms with van der Waals surface area (Å²) in [7, 11) is 0. The third kappa shape index (κ3) is 2.62. The first kappa shape index (κ1) is 9.85. The molecule has 0 saturated heterocycles. The summed E-state index contributed by atoms with van der Waals surface area (Å²) < 4.78 is 35.7. The lowest BCUT2D eigenvalue weighted by Crippen LogP contribution is -2.07. The van der Waals surface area contributed by atoms with Crippen LogP contribution in [0.4, 0.5) is 13.2 Å². The van der Waals surface area contributed by atoms with Crippen LogP contribution in [-0.4, -0.2) is 20.9 Å². The number of H-pyrrole nitrogens is 1. The highest BCUT2D eigenvalue weighted by molar-refractivity contribution is 7.99. The molecule has 0 unspecified atom stereocenters. The highest BCUT2D eigenvalue weighted by Gasteiger charge is 2.35. The van der Waals surface area contributed by atoms with E-state index in [0.717, 1.165) is 11.8 Å². The molecule has 0 bridgehead atoms. The number of nitriles is 1. The van der Waals surface area contributed by atoms with E-state index in [1.807, 2.05) is 0 Å². The normalized spacial score (nSPS) is 11.2. The average molecular weight is 208 g/mol. The maximum absolute atomic E-state index is 11.9. The lowest BCUT2D eigenvalue weighted by Gasteiger charge is -1.97. The maximum Gasteiger partial charge on any atom is 0.451 e. The lowest BCUT2D eigenvalue weighted by atomic mass is 10.6. The second-order valence-electron chi connectivity index (χ2n) is 1.91. The van der Waals surface area contributed by atoms with Crippen LogP contribution in [0.1, 0.15) is 5.82 Å². The number of thioether (sulfide) groups is 1. The number of hydrogen-bond donors (Lipinski definition) is 1. The molecule has 0 fully saturated rings. The first-order chi connectivity index (χ1) is 6.04. The third-order valence-electron chi connectivity index (χ3n) is 0.999. The van der Waals surface area contributed by atoms with Crippen LogP contribution in [0, 0.1) is 11.3 Å². The number of aromatic amines is 1. The molecular formula is C5H3F3N4S. The molecule has 4 nitrogen and oxygen atoms in total. The molecule has 0 spiro atoms. The van der Waals surface area contributed by atoms with Crippen molar-refractivity contribution in [3.8, 4) is 6.07 Å². The Kier molecular flexibility index (Phi) is 2.77. The van der Waals surface area contributed by atoms with Gasteiger partial charge in [0.15, 0.2) is 0 Å². The standard InChI is InChI=1S/C5H3F3N4S/c6-5(7,8)3-10-4(12-11-3)13-2-1-9/h2H2,(H,10,11,12). The minimum Gasteiger partial charge on any atom is -0.254 e. The van der Waals surface area contributed by atoms with Gasteiger partial charge in [0.05, 0.1) is 11.8 Å². The largest absolute Gasteiger partial charge is 0.451 e. The molecule has 13 heavy (non-hydrogen) atoms. The zero-order chi connectivity index (χ0) is 9.90. The molecule has 0 saturated carbocycles. The first-order valence-electron chi connectivity index (χ1n) is 3.03. The predicted molar refractivity (Wildman–Crippen MR) is 37.7 cm³/mol. The summed E-state index contributed by atoms with van der Waals surface area (Å²) in [6.07, 6.45) is -4.52. The molecule has 1 aromatic rings. The third-order valence-corrected chi connectivity index (χ3v) is 1.71. The summed E-state index contributed by atoms with van der Waals surface area (Å²) >= 11 is 0.843. The van der Waals surface area contributed by atoms with Crippen LogP contribution in [0.3, 0.4) is 0 Å². The van der Waals surface area contributed by atoms with Gasteiger partial charge in [0.1, 0.15) is 0 Å². The number of nitrogens with zero attached hydrogens (tertiary/aromatic N) is 3. The zero-order valence-electron chi connectivity index (χ0n) is 6.09. The summed E-state index contributed by atoms with van der Waals surface area (Å²) in [6, 6.07) is 1.75. The van der Waals surface area contributed by atoms with Crippen molar-refractivity contribution in [2.24, 2.45) is 0 Å². The van der Waals surface area contributed by atoms with Gasteiger partial charge in [0, 0.05) is 0 Å². The van der Waals surface area contributed by atoms with Gasteiger partial charge in [-0.05, 0) is 0 Å². The van der Waals surface area contributed by atoms with Gasteiger partial charge in [-0.25, -0.2) is 0 Å². The van der Waals surface area contributed by atoms with Gasteiger partial charge in [-0.3, -0.25) is 5.10 Å². The topological polar surface area (TPSA) is 65.4 Å². The molecule has 70 valence electrons. The molecule has 0 atom stereocenters. The first-order valence-corrected chi connectivity index (χ1v) is 4.02. The number of nitrogens with one attached hydrogen (secondary N) is 1. The van der Waals surface area contributed by atoms with Crippen molar-refractivity contribution in [1.29, 1.82) is 5.26 Å². The minimum atomic E-state index is -4.52. The van der Waals surface area contributed by atoms with Gasteiger partial charge < -0.3 is 0 Å². The Morgan fingerprint density at radius 2 is 2.23 bits per heavy atom. The highest BCUT2D eigenvalue weighted by atomic mass is 32.2. The van der Waals surface area contributed by atoms with Crippen LogP contribution in [0.15, 0.2) is 5.16 Å². The SMILES string of the molecule is N#CCSc1n[nH]c(C(F)(F)F)n1. The van der Waals surface area contributed by atoms with E-state index in [2.05, 4.69) is 10.1 Å². The fourth-order valence-electron chi connectivity index (χ4n) is 0.535. The number of halogens is 3. The Balaban J connectivity index is 2.71. The van der Waals surface area contributed by atoms with Crippen molar-refractivity contribution in [1.82, 2.24) is 15.2 Å². The Hall–Kier alpha value is -1.23. The van der Waals surface area contributed by atoms with Gasteiger partial charge in [0.2, 0.25) is 11.0 Å². The van der Waals surface area contributed by atoms with Gasteiger partial charge in [-0.1, -0.05) is 11.8 Å². The Morgan fingerprint density at radius 1 is 1.54 bits per heavy atom. The number of rotatable bonds is 2. The summed E-state index contributed by atoms with van der Waals surface area (Å²) in [5.41, 5.74) is 0. The van der Waals surface area contributed by atoms with Crippen molar-refractivity contribution in [3.63, 3.8) is 0 Å². The molecule has 1 N–H and O–H groups in total. The molecule has 0 aromatic carbocycles. The smallest absolute Gasteiger partial charge is 0.254 e. The number of hydrogen-bond acceptors (Lipinski definition) is 4. The number of aromatic nitrogens is 3. The molecule has 0 aliphatic carbocycles. The van der Waals surface area contributed by atoms with E-state index >= 15 is 0 Å². The molecule has 1 heterocycles. The van der Waals surface area contributed by atoms with E-state index in [1.165, 1.54) is 0 Å². The minimum absolute atomic E-state index is 0.0230. The van der Waals surface area contributed by atoms with Crippen LogP contribution in [-0.2, 0) is 6.18 Å². The van der Waals surface area contributed by atoms with E-state index in [1.54, 1.807) is 11.2 Å². The molecule has 0 aliphatic heterocycles. The van der Waals surface area contributed by atoms with Crippen molar-refractivity contribution < 1.29 is 13.2 Å². The summed E-state index contributed by atoms with van der Waals surface area (Å²) in [5, 5.41) is 13.1. The average Bonchev–Trinajstić information content (AvgIpc) is 2.47. The van der Waals surface area contributed by atoms with Gasteiger partial charge in [-0.15, -0.1) is 5.10 Å². The quantitative estimate of drug-likeness (QED) is 0.747. The molecule has 0 aliphatic rings. The maximum atomic E-state index is 11.9. The Morgan fingerprint density at radius 3 is 2.69 bits per heavy atom. The van der Waals surface area contributed by atoms with E-state index in [9.17, 15) is 13.2 Å². The molecular weight excluding hydrogens is 205 g/mol. The van der Waals surface area contributed by atoms with Crippen molar-refractivity contribution in [2.75, 3.05) is 5.75 Å². The van der Waals surface area contributed by atoms with Crippen LogP contribution in [0.2, 0.25) is 0 Å². The molecule has 1 aromatic heterocycles. The van der Waals surface area contributed by atoms with Gasteiger partial charge in [0.25, 0.3) is 0 Å². The molecule has 0 amide bonds. The lowest BCUT2D eigenvalue weighted by molar-refractivity contribution is -0.144. The van der Waals surface area contributed by atoms with Crippen molar-refractivity contribution in [3.05, 3.63) is 5.82 Å². The Bertz CT molecular complexity index is 325. The van der Waals surface area contributed by atoms with Crippen LogP contribution >= 0.6 is 11.8 Å². The molecule has 1 rings (SSSR count). The van der Waals surface area contributed by atoms with Crippen LogP contribution in [0.5, 0.6) is 0 Å². The fourth-order valence-corrected chi connectivity index (χ4v) is 0.994. The summed E-state index contributed by atoms with van der Waals surface area (Å²) in [5.74, 6) is -1.12. The summed E-state index contributed by atoms with van der Waals surface area (Å²) in [4.78, 5) is 3.14. The van der Waals surface area contributed by atoms with E-state index in [-0.39, 0.29) is 10.9 Å². The van der Waals surface area contributed by atoms with Gasteiger partial charge >= 0.3 is 6.18 Å². The fraction of sp³-hybridized carbons (Fsp3) is 0.400. The molecule has 0 radical (unpaired) electrons. The van der Waals surface area contributed by atoms with Crippen molar-refractivity contribution >= 4 is 11.8 Å². The van der Waals surface area contributed by atoms with E-state index < -0.39 is 12.0 Å². The van der Waals surface area contributed by atoms with E-state index in [0.29, 0.717) is 0 Å². The second kappa shape index (κ2) is 3.66. The van der Waals surface area contributed by atoms with Gasteiger partial charge in [-0.2, -0.15) is 23.4 Å². The van der Waals surface area contributed by atoms with Crippen LogP contribution in [0.25, 0.3) is 0 Å².